The smallest absolute Gasteiger partial charge is 0.335 e. The number of carbonyl (C=O) groups excluding carboxylic acids is 1. The molecule has 1 aromatic heterocycles. The van der Waals surface area contributed by atoms with Crippen LogP contribution >= 0.6 is 0 Å². The number of rotatable bonds is 2. The quantitative estimate of drug-likeness (QED) is 0.586. The van der Waals surface area contributed by atoms with Gasteiger partial charge in [0.25, 0.3) is 0 Å². The second-order valence-electron chi connectivity index (χ2n) is 14.2. The molecule has 1 aromatic rings. The van der Waals surface area contributed by atoms with E-state index in [1.54, 1.807) is 6.26 Å². The van der Waals surface area contributed by atoms with Crippen LogP contribution in [0.25, 0.3) is 0 Å². The van der Waals surface area contributed by atoms with Crippen molar-refractivity contribution in [3.05, 3.63) is 34.4 Å². The van der Waals surface area contributed by atoms with Gasteiger partial charge in [-0.25, -0.2) is 9.59 Å². The van der Waals surface area contributed by atoms with Gasteiger partial charge in [0.1, 0.15) is 0 Å². The summed E-state index contributed by atoms with van der Waals surface area (Å²) in [6.45, 7) is 7.51. The van der Waals surface area contributed by atoms with Crippen molar-refractivity contribution < 1.29 is 19.1 Å². The summed E-state index contributed by atoms with van der Waals surface area (Å²) in [5.74, 6) is 1.81. The van der Waals surface area contributed by atoms with Crippen molar-refractivity contribution in [1.82, 2.24) is 10.2 Å². The van der Waals surface area contributed by atoms with Crippen LogP contribution in [0.3, 0.4) is 0 Å². The second-order valence-corrected chi connectivity index (χ2v) is 14.2. The highest BCUT2D eigenvalue weighted by Gasteiger charge is 2.69. The molecular weight excluding hydrogens is 480 g/mol. The van der Waals surface area contributed by atoms with E-state index in [1.807, 2.05) is 11.0 Å². The van der Waals surface area contributed by atoms with Crippen LogP contribution in [0.2, 0.25) is 0 Å². The van der Waals surface area contributed by atoms with Gasteiger partial charge in [-0.3, -0.25) is 0 Å². The summed E-state index contributed by atoms with van der Waals surface area (Å²) < 4.78 is 10.7. The Kier molecular flexibility index (Phi) is 5.67. The summed E-state index contributed by atoms with van der Waals surface area (Å²) in [6, 6.07) is 3.86. The number of hydrogen-bond donors (Lipinski definition) is 2. The van der Waals surface area contributed by atoms with Gasteiger partial charge in [0.15, 0.2) is 0 Å². The number of aliphatic hydroxyl groups is 1. The Morgan fingerprint density at radius 3 is 2.58 bits per heavy atom. The minimum atomic E-state index is -0.659. The van der Waals surface area contributed by atoms with Gasteiger partial charge >= 0.3 is 11.7 Å². The highest BCUT2D eigenvalue weighted by atomic mass is 16.5. The number of ether oxygens (including phenoxy) is 1. The lowest BCUT2D eigenvalue weighted by Gasteiger charge is -2.64. The molecule has 1 saturated heterocycles. The van der Waals surface area contributed by atoms with Crippen LogP contribution in [0.15, 0.2) is 27.6 Å². The molecule has 9 atom stereocenters. The van der Waals surface area contributed by atoms with E-state index < -0.39 is 5.60 Å². The van der Waals surface area contributed by atoms with Gasteiger partial charge in [-0.15, -0.1) is 0 Å². The normalized spacial score (nSPS) is 47.7. The summed E-state index contributed by atoms with van der Waals surface area (Å²) in [5.41, 5.74) is 0.474. The van der Waals surface area contributed by atoms with E-state index >= 15 is 0 Å². The lowest BCUT2D eigenvalue weighted by Crippen LogP contribution is -2.62. The molecule has 6 aliphatic rings. The van der Waals surface area contributed by atoms with Gasteiger partial charge in [0.2, 0.25) is 0 Å². The minimum absolute atomic E-state index is 0.0921. The predicted octanol–water partition coefficient (Wildman–Crippen LogP) is 4.68. The van der Waals surface area contributed by atoms with Crippen LogP contribution in [-0.2, 0) is 4.74 Å². The molecule has 3 unspecified atom stereocenters. The molecule has 1 aliphatic heterocycles. The van der Waals surface area contributed by atoms with E-state index in [4.69, 9.17) is 9.15 Å². The first-order chi connectivity index (χ1) is 18.2. The van der Waals surface area contributed by atoms with Gasteiger partial charge in [0, 0.05) is 30.6 Å². The lowest BCUT2D eigenvalue weighted by atomic mass is 9.42. The molecule has 2 heterocycles. The Bertz CT molecular complexity index is 1140. The fraction of sp³-hybridized carbons (Fsp3) is 0.806. The Morgan fingerprint density at radius 2 is 1.82 bits per heavy atom. The van der Waals surface area contributed by atoms with E-state index in [2.05, 4.69) is 19.2 Å². The highest BCUT2D eigenvalue weighted by Crippen LogP contribution is 2.73. The number of morpholine rings is 1. The molecule has 208 valence electrons. The number of carbonyl (C=O) groups is 1. The van der Waals surface area contributed by atoms with Crippen LogP contribution in [0, 0.1) is 34.0 Å². The van der Waals surface area contributed by atoms with Crippen molar-refractivity contribution >= 4 is 6.03 Å². The van der Waals surface area contributed by atoms with Crippen molar-refractivity contribution in [2.75, 3.05) is 26.3 Å². The van der Waals surface area contributed by atoms with Crippen molar-refractivity contribution in [1.29, 1.82) is 0 Å². The summed E-state index contributed by atoms with van der Waals surface area (Å²) in [4.78, 5) is 26.3. The molecule has 5 aliphatic carbocycles. The average molecular weight is 525 g/mol. The molecule has 0 bridgehead atoms. The Labute approximate surface area is 225 Å². The number of fused-ring (bicyclic) bond motifs is 5. The van der Waals surface area contributed by atoms with E-state index in [9.17, 15) is 14.7 Å². The van der Waals surface area contributed by atoms with Gasteiger partial charge in [0.05, 0.1) is 25.1 Å². The number of hydrogen-bond acceptors (Lipinski definition) is 5. The zero-order valence-electron chi connectivity index (χ0n) is 23.0. The predicted molar refractivity (Wildman–Crippen MR) is 143 cm³/mol. The van der Waals surface area contributed by atoms with Gasteiger partial charge in [-0.05, 0) is 110 Å². The lowest BCUT2D eigenvalue weighted by molar-refractivity contribution is -0.204. The van der Waals surface area contributed by atoms with Crippen LogP contribution < -0.4 is 10.9 Å². The number of nitrogens with one attached hydrogen (secondary N) is 1. The molecule has 2 amide bonds. The maximum Gasteiger partial charge on any atom is 0.335 e. The third-order valence-electron chi connectivity index (χ3n) is 13.0. The zero-order chi connectivity index (χ0) is 26.3. The first kappa shape index (κ1) is 25.1. The number of nitrogens with zero attached hydrogens (tertiary/aromatic N) is 1. The topological polar surface area (TPSA) is 92.0 Å². The third kappa shape index (κ3) is 3.52. The van der Waals surface area contributed by atoms with E-state index in [0.717, 1.165) is 37.7 Å². The van der Waals surface area contributed by atoms with E-state index in [1.165, 1.54) is 38.2 Å². The average Bonchev–Trinajstić information content (AvgIpc) is 3.49. The summed E-state index contributed by atoms with van der Waals surface area (Å²) in [6.07, 6.45) is 12.7. The molecule has 2 N–H and O–H groups in total. The Hall–Kier alpha value is -1.86. The van der Waals surface area contributed by atoms with E-state index in [0.29, 0.717) is 50.1 Å². The second kappa shape index (κ2) is 8.57. The van der Waals surface area contributed by atoms with Gasteiger partial charge in [-0.1, -0.05) is 13.8 Å². The molecule has 0 radical (unpaired) electrons. The van der Waals surface area contributed by atoms with Crippen molar-refractivity contribution in [2.45, 2.75) is 95.6 Å². The first-order valence-electron chi connectivity index (χ1n) is 15.1. The molecule has 0 aromatic carbocycles. The van der Waals surface area contributed by atoms with Crippen LogP contribution in [0.1, 0.15) is 89.5 Å². The molecule has 7 rings (SSSR count). The van der Waals surface area contributed by atoms with Crippen molar-refractivity contribution in [3.8, 4) is 0 Å². The molecule has 1 spiro atoms. The Balaban J connectivity index is 1.06. The number of amides is 2. The fourth-order valence-electron chi connectivity index (χ4n) is 10.5. The maximum atomic E-state index is 12.8. The third-order valence-corrected chi connectivity index (χ3v) is 13.0. The summed E-state index contributed by atoms with van der Waals surface area (Å²) >= 11 is 0. The highest BCUT2D eigenvalue weighted by molar-refractivity contribution is 5.75. The molecule has 6 fully saturated rings. The number of urea groups is 1. The molecular formula is C31H44N2O5. The maximum absolute atomic E-state index is 12.8. The van der Waals surface area contributed by atoms with Crippen molar-refractivity contribution in [2.24, 2.45) is 34.0 Å². The molecule has 38 heavy (non-hydrogen) atoms. The SMILES string of the molecule is C[C@]12CCC3(CC3NC(=O)N3CCOCC3)C[C@H]1CC[C@@H]1C2CC[C@]2(C)[C@@H](c3ccc(=O)oc3)CC[C@]12O. The van der Waals surface area contributed by atoms with Crippen LogP contribution in [-0.4, -0.2) is 54.0 Å². The standard InChI is InChI=1S/C31H44N2O5/c1-28-11-12-30(18-25(30)32-27(35)33-13-15-37-16-14-33)17-21(28)4-5-24-23(28)7-9-29(2)22(8-10-31(24,29)36)20-3-6-26(34)38-19-20/h3,6,19,21-25,36H,4-5,7-18H2,1-2H3,(H,32,35)/t21-,22-,23?,24-,25?,28+,29-,30?,31+/m1/s1. The largest absolute Gasteiger partial charge is 0.431 e. The first-order valence-corrected chi connectivity index (χ1v) is 15.1. The zero-order valence-corrected chi connectivity index (χ0v) is 23.0. The van der Waals surface area contributed by atoms with Crippen LogP contribution in [0.4, 0.5) is 4.79 Å². The molecule has 7 heteroatoms. The molecule has 5 saturated carbocycles. The minimum Gasteiger partial charge on any atom is -0.431 e. The summed E-state index contributed by atoms with van der Waals surface area (Å²) in [7, 11) is 0. The van der Waals surface area contributed by atoms with Gasteiger partial charge in [-0.2, -0.15) is 0 Å². The van der Waals surface area contributed by atoms with Gasteiger partial charge < -0.3 is 24.5 Å². The van der Waals surface area contributed by atoms with E-state index in [-0.39, 0.29) is 33.8 Å². The summed E-state index contributed by atoms with van der Waals surface area (Å²) in [5, 5.41) is 15.9. The fourth-order valence-corrected chi connectivity index (χ4v) is 10.5. The Morgan fingerprint density at radius 1 is 1.00 bits per heavy atom. The monoisotopic (exact) mass is 524 g/mol. The van der Waals surface area contributed by atoms with Crippen LogP contribution in [0.5, 0.6) is 0 Å². The molecule has 7 nitrogen and oxygen atoms in total. The van der Waals surface area contributed by atoms with Crippen molar-refractivity contribution in [3.63, 3.8) is 0 Å².